The van der Waals surface area contributed by atoms with Crippen LogP contribution in [-0.4, -0.2) is 29.5 Å². The van der Waals surface area contributed by atoms with Crippen LogP contribution in [0.25, 0.3) is 6.08 Å². The van der Waals surface area contributed by atoms with Crippen LogP contribution in [0, 0.1) is 36.5 Å². The quantitative estimate of drug-likeness (QED) is 0.311. The molecule has 0 aliphatic carbocycles. The molecule has 0 aliphatic heterocycles. The van der Waals surface area contributed by atoms with Crippen molar-refractivity contribution in [2.75, 3.05) is 19.0 Å². The smallest absolute Gasteiger partial charge is 0.231 e. The van der Waals surface area contributed by atoms with E-state index in [0.717, 1.165) is 11.1 Å². The minimum absolute atomic E-state index is 0.0430. The summed E-state index contributed by atoms with van der Waals surface area (Å²) in [6, 6.07) is 14.6. The Hall–Kier alpha value is -4.53. The van der Waals surface area contributed by atoms with Gasteiger partial charge in [-0.05, 0) is 79.9 Å². The predicted molar refractivity (Wildman–Crippen MR) is 132 cm³/mol. The molecule has 0 bridgehead atoms. The number of methoxy groups -OCH3 is 1. The Bertz CT molecular complexity index is 1300. The molecule has 1 heterocycles. The van der Waals surface area contributed by atoms with Gasteiger partial charge in [0, 0.05) is 32.0 Å². The molecule has 3 aromatic rings. The van der Waals surface area contributed by atoms with Crippen molar-refractivity contribution in [2.45, 2.75) is 26.7 Å². The summed E-state index contributed by atoms with van der Waals surface area (Å²) in [5.41, 5.74) is 3.89. The minimum atomic E-state index is -0.0430. The maximum atomic E-state index is 12.2. The van der Waals surface area contributed by atoms with Crippen LogP contribution in [0.4, 0.5) is 11.6 Å². The van der Waals surface area contributed by atoms with Crippen molar-refractivity contribution >= 4 is 23.5 Å². The fraction of sp³-hybridized carbons (Fsp3) is 0.222. The Morgan fingerprint density at radius 3 is 2.40 bits per heavy atom. The number of anilines is 2. The van der Waals surface area contributed by atoms with Gasteiger partial charge < -0.3 is 14.8 Å². The number of ether oxygens (including phenoxy) is 2. The Kier molecular flexibility index (Phi) is 8.66. The fourth-order valence-electron chi connectivity index (χ4n) is 3.32. The van der Waals surface area contributed by atoms with Crippen LogP contribution in [0.1, 0.15) is 40.7 Å². The number of carbonyl (C=O) groups is 1. The van der Waals surface area contributed by atoms with E-state index in [0.29, 0.717) is 47.6 Å². The van der Waals surface area contributed by atoms with Crippen LogP contribution in [0.3, 0.4) is 0 Å². The largest absolute Gasteiger partial charge is 0.438 e. The lowest BCUT2D eigenvalue weighted by Crippen LogP contribution is -2.02. The molecule has 8 heteroatoms. The molecule has 0 atom stereocenters. The second kappa shape index (κ2) is 12.1. The summed E-state index contributed by atoms with van der Waals surface area (Å²) in [5, 5.41) is 21.3. The first kappa shape index (κ1) is 25.1. The normalized spacial score (nSPS) is 10.5. The molecule has 0 aliphatic rings. The highest BCUT2D eigenvalue weighted by Gasteiger charge is 2.13. The van der Waals surface area contributed by atoms with Crippen LogP contribution in [-0.2, 0) is 9.53 Å². The highest BCUT2D eigenvalue weighted by molar-refractivity contribution is 5.93. The number of hydrogen-bond acceptors (Lipinski definition) is 8. The molecule has 176 valence electrons. The van der Waals surface area contributed by atoms with Crippen molar-refractivity contribution in [1.82, 2.24) is 9.97 Å². The number of aryl methyl sites for hydroxylation is 2. The molecule has 3 rings (SSSR count). The van der Waals surface area contributed by atoms with E-state index in [1.807, 2.05) is 13.8 Å². The third-order valence-corrected chi connectivity index (χ3v) is 5.06. The molecule has 0 saturated heterocycles. The van der Waals surface area contributed by atoms with E-state index in [9.17, 15) is 10.1 Å². The molecule has 2 aromatic carbocycles. The Morgan fingerprint density at radius 2 is 1.77 bits per heavy atom. The molecule has 0 saturated carbocycles. The summed E-state index contributed by atoms with van der Waals surface area (Å²) in [7, 11) is 1.60. The lowest BCUT2D eigenvalue weighted by molar-refractivity contribution is -0.114. The summed E-state index contributed by atoms with van der Waals surface area (Å²) in [4.78, 5) is 21.1. The van der Waals surface area contributed by atoms with E-state index in [1.165, 1.54) is 6.08 Å². The number of rotatable bonds is 10. The van der Waals surface area contributed by atoms with Crippen molar-refractivity contribution in [2.24, 2.45) is 0 Å². The molecule has 0 radical (unpaired) electrons. The van der Waals surface area contributed by atoms with Gasteiger partial charge in [0.2, 0.25) is 11.8 Å². The molecule has 35 heavy (non-hydrogen) atoms. The number of nitrogens with one attached hydrogen (secondary N) is 1. The number of ketones is 1. The van der Waals surface area contributed by atoms with Gasteiger partial charge >= 0.3 is 0 Å². The third-order valence-electron chi connectivity index (χ3n) is 5.06. The van der Waals surface area contributed by atoms with Gasteiger partial charge in [-0.25, -0.2) is 4.98 Å². The number of benzene rings is 2. The summed E-state index contributed by atoms with van der Waals surface area (Å²) in [6.07, 6.45) is 5.68. The molecule has 0 fully saturated rings. The first-order valence-corrected chi connectivity index (χ1v) is 11.0. The highest BCUT2D eigenvalue weighted by Crippen LogP contribution is 2.32. The monoisotopic (exact) mass is 467 g/mol. The van der Waals surface area contributed by atoms with Crippen molar-refractivity contribution in [3.05, 3.63) is 76.5 Å². The predicted octanol–water partition coefficient (Wildman–Crippen LogP) is 5.38. The summed E-state index contributed by atoms with van der Waals surface area (Å²) in [5.74, 6) is 1.08. The van der Waals surface area contributed by atoms with Crippen molar-refractivity contribution in [3.63, 3.8) is 0 Å². The third kappa shape index (κ3) is 6.97. The van der Waals surface area contributed by atoms with Crippen molar-refractivity contribution in [3.8, 4) is 23.8 Å². The maximum absolute atomic E-state index is 12.2. The average Bonchev–Trinajstić information content (AvgIpc) is 2.86. The van der Waals surface area contributed by atoms with Gasteiger partial charge in [-0.1, -0.05) is 0 Å². The van der Waals surface area contributed by atoms with E-state index in [2.05, 4.69) is 27.4 Å². The second-order valence-corrected chi connectivity index (χ2v) is 7.82. The number of aromatic nitrogens is 2. The summed E-state index contributed by atoms with van der Waals surface area (Å²) < 4.78 is 11.2. The Morgan fingerprint density at radius 1 is 1.09 bits per heavy atom. The van der Waals surface area contributed by atoms with Gasteiger partial charge in [0.15, 0.2) is 5.78 Å². The Balaban J connectivity index is 1.93. The highest BCUT2D eigenvalue weighted by atomic mass is 16.5. The lowest BCUT2D eigenvalue weighted by atomic mass is 10.1. The van der Waals surface area contributed by atoms with Gasteiger partial charge in [0.1, 0.15) is 5.75 Å². The number of hydrogen-bond donors (Lipinski definition) is 1. The Labute approximate surface area is 204 Å². The molecule has 0 amide bonds. The zero-order valence-corrected chi connectivity index (χ0v) is 19.8. The first-order chi connectivity index (χ1) is 16.9. The molecule has 1 aromatic heterocycles. The molecular formula is C27H25N5O3. The van der Waals surface area contributed by atoms with E-state index < -0.39 is 0 Å². The number of allylic oxidation sites excluding steroid dienone is 1. The lowest BCUT2D eigenvalue weighted by Gasteiger charge is -2.14. The first-order valence-electron chi connectivity index (χ1n) is 11.0. The van der Waals surface area contributed by atoms with Crippen molar-refractivity contribution in [1.29, 1.82) is 10.5 Å². The second-order valence-electron chi connectivity index (χ2n) is 7.82. The van der Waals surface area contributed by atoms with Crippen LogP contribution in [0.2, 0.25) is 0 Å². The van der Waals surface area contributed by atoms with Gasteiger partial charge in [-0.15, -0.1) is 0 Å². The number of nitriles is 2. The minimum Gasteiger partial charge on any atom is -0.438 e. The van der Waals surface area contributed by atoms with Crippen LogP contribution in [0.15, 0.2) is 48.7 Å². The summed E-state index contributed by atoms with van der Waals surface area (Å²) in [6.45, 7) is 4.23. The molecular weight excluding hydrogens is 442 g/mol. The molecule has 8 nitrogen and oxygen atoms in total. The topological polar surface area (TPSA) is 121 Å². The maximum Gasteiger partial charge on any atom is 0.231 e. The van der Waals surface area contributed by atoms with Crippen LogP contribution >= 0.6 is 0 Å². The fourth-order valence-corrected chi connectivity index (χ4v) is 3.32. The standard InChI is InChI=1S/C27H25N5O3/c1-18-13-21(16-29)14-19(2)25(18)35-26-22(8-11-24(33)5-4-12-34-3)17-30-27(32-26)31-23-9-6-20(15-28)7-10-23/h6-11,13-14,17H,4-5,12H2,1-3H3,(H,30,31,32)/b11-8+. The van der Waals surface area contributed by atoms with Crippen molar-refractivity contribution < 1.29 is 14.3 Å². The van der Waals surface area contributed by atoms with Gasteiger partial charge in [0.05, 0.1) is 28.8 Å². The van der Waals surface area contributed by atoms with Gasteiger partial charge in [-0.2, -0.15) is 15.5 Å². The molecule has 1 N–H and O–H groups in total. The van der Waals surface area contributed by atoms with E-state index in [-0.39, 0.29) is 17.6 Å². The SMILES string of the molecule is COCCCC(=O)/C=C/c1cnc(Nc2ccc(C#N)cc2)nc1Oc1c(C)cc(C#N)cc1C. The van der Waals surface area contributed by atoms with E-state index in [1.54, 1.807) is 55.8 Å². The number of nitrogens with zero attached hydrogens (tertiary/aromatic N) is 4. The zero-order chi connectivity index (χ0) is 25.2. The summed E-state index contributed by atoms with van der Waals surface area (Å²) >= 11 is 0. The average molecular weight is 468 g/mol. The van der Waals surface area contributed by atoms with E-state index >= 15 is 0 Å². The van der Waals surface area contributed by atoms with Crippen LogP contribution in [0.5, 0.6) is 11.6 Å². The van der Waals surface area contributed by atoms with Gasteiger partial charge in [0.25, 0.3) is 0 Å². The van der Waals surface area contributed by atoms with E-state index in [4.69, 9.17) is 14.7 Å². The zero-order valence-electron chi connectivity index (χ0n) is 19.8. The van der Waals surface area contributed by atoms with Crippen LogP contribution < -0.4 is 10.1 Å². The molecule has 0 unspecified atom stereocenters. The van der Waals surface area contributed by atoms with Gasteiger partial charge in [-0.3, -0.25) is 4.79 Å². The molecule has 0 spiro atoms. The number of carbonyl (C=O) groups excluding carboxylic acids is 1.